The fraction of sp³-hybridized carbons (Fsp3) is 0.125. The second-order valence-corrected chi connectivity index (χ2v) is 8.63. The molecule has 0 fully saturated rings. The van der Waals surface area contributed by atoms with Gasteiger partial charge in [0, 0.05) is 40.1 Å². The van der Waals surface area contributed by atoms with Crippen LogP contribution in [0.2, 0.25) is 0 Å². The molecule has 3 heterocycles. The first-order valence-electron chi connectivity index (χ1n) is 10.1. The van der Waals surface area contributed by atoms with Crippen LogP contribution < -0.4 is 10.3 Å². The molecule has 0 radical (unpaired) electrons. The van der Waals surface area contributed by atoms with Gasteiger partial charge in [-0.25, -0.2) is 0 Å². The number of aromatic nitrogens is 4. The summed E-state index contributed by atoms with van der Waals surface area (Å²) in [5, 5.41) is 5.81. The van der Waals surface area contributed by atoms with Crippen molar-refractivity contribution in [3.05, 3.63) is 81.7 Å². The predicted octanol–water partition coefficient (Wildman–Crippen LogP) is 5.64. The molecule has 5 aromatic rings. The van der Waals surface area contributed by atoms with E-state index in [4.69, 9.17) is 4.74 Å². The van der Waals surface area contributed by atoms with Crippen molar-refractivity contribution < 1.29 is 17.9 Å². The van der Waals surface area contributed by atoms with E-state index in [1.54, 1.807) is 41.1 Å². The van der Waals surface area contributed by atoms with Crippen molar-refractivity contribution in [1.29, 1.82) is 0 Å². The fourth-order valence-corrected chi connectivity index (χ4v) is 4.02. The Kier molecular flexibility index (Phi) is 5.40. The highest BCUT2D eigenvalue weighted by Gasteiger charge is 2.28. The summed E-state index contributed by atoms with van der Waals surface area (Å²) in [6, 6.07) is 17.2. The van der Waals surface area contributed by atoms with Crippen LogP contribution in [0.15, 0.2) is 76.1 Å². The van der Waals surface area contributed by atoms with Gasteiger partial charge in [-0.3, -0.25) is 14.0 Å². The zero-order valence-electron chi connectivity index (χ0n) is 17.7. The highest BCUT2D eigenvalue weighted by atomic mass is 79.9. The normalized spacial score (nSPS) is 11.9. The smallest absolute Gasteiger partial charge is 0.422 e. The van der Waals surface area contributed by atoms with Crippen molar-refractivity contribution in [2.75, 3.05) is 6.61 Å². The van der Waals surface area contributed by atoms with Crippen molar-refractivity contribution in [1.82, 2.24) is 19.3 Å². The lowest BCUT2D eigenvalue weighted by Gasteiger charge is -2.14. The lowest BCUT2D eigenvalue weighted by atomic mass is 10.0. The highest BCUT2D eigenvalue weighted by molar-refractivity contribution is 9.10. The lowest BCUT2D eigenvalue weighted by molar-refractivity contribution is -0.154. The lowest BCUT2D eigenvalue weighted by Crippen LogP contribution is -2.22. The number of alkyl halides is 3. The number of hydrogen-bond donors (Lipinski definition) is 0. The Labute approximate surface area is 199 Å². The van der Waals surface area contributed by atoms with Gasteiger partial charge in [0.15, 0.2) is 12.3 Å². The molecule has 0 aliphatic carbocycles. The number of pyridine rings is 2. The van der Waals surface area contributed by atoms with Crippen LogP contribution in [-0.2, 0) is 7.05 Å². The molecule has 0 spiro atoms. The first-order chi connectivity index (χ1) is 16.2. The summed E-state index contributed by atoms with van der Waals surface area (Å²) in [5.41, 5.74) is 2.26. The molecule has 0 amide bonds. The van der Waals surface area contributed by atoms with Crippen LogP contribution in [0.4, 0.5) is 13.2 Å². The van der Waals surface area contributed by atoms with E-state index < -0.39 is 12.8 Å². The Morgan fingerprint density at radius 2 is 1.76 bits per heavy atom. The van der Waals surface area contributed by atoms with E-state index in [1.165, 1.54) is 10.6 Å². The average molecular weight is 529 g/mol. The van der Waals surface area contributed by atoms with Crippen molar-refractivity contribution in [3.8, 4) is 22.7 Å². The van der Waals surface area contributed by atoms with Crippen molar-refractivity contribution in [2.45, 2.75) is 6.18 Å². The number of ether oxygens (including phenoxy) is 1. The van der Waals surface area contributed by atoms with Crippen LogP contribution in [0, 0.1) is 0 Å². The molecule has 0 aliphatic heterocycles. The van der Waals surface area contributed by atoms with Crippen molar-refractivity contribution >= 4 is 37.9 Å². The van der Waals surface area contributed by atoms with Gasteiger partial charge in [0.1, 0.15) is 0 Å². The number of rotatable bonds is 4. The Balaban J connectivity index is 1.73. The Hall–Kier alpha value is -3.66. The molecule has 0 unspecified atom stereocenters. The molecule has 0 saturated heterocycles. The van der Waals surface area contributed by atoms with Crippen LogP contribution in [0.1, 0.15) is 0 Å². The molecule has 34 heavy (non-hydrogen) atoms. The third kappa shape index (κ3) is 4.28. The van der Waals surface area contributed by atoms with Crippen LogP contribution >= 0.6 is 15.9 Å². The zero-order chi connectivity index (χ0) is 24.0. The van der Waals surface area contributed by atoms with Crippen LogP contribution in [0.5, 0.6) is 5.88 Å². The molecule has 0 N–H and O–H groups in total. The van der Waals surface area contributed by atoms with Gasteiger partial charge in [-0.1, -0.05) is 22.0 Å². The second-order valence-electron chi connectivity index (χ2n) is 7.72. The van der Waals surface area contributed by atoms with E-state index in [0.717, 1.165) is 15.4 Å². The van der Waals surface area contributed by atoms with Gasteiger partial charge >= 0.3 is 6.18 Å². The van der Waals surface area contributed by atoms with E-state index in [9.17, 15) is 18.0 Å². The minimum atomic E-state index is -4.50. The maximum Gasteiger partial charge on any atom is 0.422 e. The van der Waals surface area contributed by atoms with Crippen LogP contribution in [0.25, 0.3) is 38.8 Å². The van der Waals surface area contributed by atoms with Crippen LogP contribution in [0.3, 0.4) is 0 Å². The molecular weight excluding hydrogens is 513 g/mol. The van der Waals surface area contributed by atoms with Crippen LogP contribution in [-0.4, -0.2) is 32.1 Å². The van der Waals surface area contributed by atoms with Gasteiger partial charge in [-0.2, -0.15) is 23.3 Å². The molecule has 0 bridgehead atoms. The minimum Gasteiger partial charge on any atom is -0.468 e. The maximum atomic E-state index is 13.7. The number of halogens is 4. The maximum absolute atomic E-state index is 13.7. The summed E-state index contributed by atoms with van der Waals surface area (Å²) < 4.78 is 46.6. The quantitative estimate of drug-likeness (QED) is 0.302. The molecular formula is C24H16BrF3N4O2. The van der Waals surface area contributed by atoms with E-state index in [1.807, 2.05) is 31.4 Å². The van der Waals surface area contributed by atoms with Crippen molar-refractivity contribution in [3.63, 3.8) is 0 Å². The van der Waals surface area contributed by atoms with Gasteiger partial charge in [-0.05, 0) is 54.1 Å². The Bertz CT molecular complexity index is 1590. The highest BCUT2D eigenvalue weighted by Crippen LogP contribution is 2.27. The number of hydrogen-bond acceptors (Lipinski definition) is 4. The first-order valence-corrected chi connectivity index (χ1v) is 10.9. The largest absolute Gasteiger partial charge is 0.468 e. The zero-order valence-corrected chi connectivity index (χ0v) is 19.3. The summed E-state index contributed by atoms with van der Waals surface area (Å²) in [7, 11) is 1.82. The average Bonchev–Trinajstić information content (AvgIpc) is 3.17. The molecule has 2 aromatic carbocycles. The number of aryl methyl sites for hydroxylation is 1. The van der Waals surface area contributed by atoms with Gasteiger partial charge < -0.3 is 4.74 Å². The summed E-state index contributed by atoms with van der Waals surface area (Å²) in [4.78, 5) is 17.9. The van der Waals surface area contributed by atoms with E-state index >= 15 is 0 Å². The minimum absolute atomic E-state index is 0.193. The third-order valence-corrected chi connectivity index (χ3v) is 5.75. The Morgan fingerprint density at radius 1 is 1.00 bits per heavy atom. The number of benzene rings is 2. The van der Waals surface area contributed by atoms with Crippen molar-refractivity contribution in [2.24, 2.45) is 7.05 Å². The Morgan fingerprint density at radius 3 is 2.50 bits per heavy atom. The SMILES string of the molecule is Cn1cc2cc(-c3cc4ccc(OCC(F)(F)F)nc4n(-c4ccc(Br)cc4)c3=O)ccc2n1. The van der Waals surface area contributed by atoms with Gasteiger partial charge in [0.25, 0.3) is 5.56 Å². The van der Waals surface area contributed by atoms with Gasteiger partial charge in [0.05, 0.1) is 11.2 Å². The number of fused-ring (bicyclic) bond motifs is 2. The molecule has 3 aromatic heterocycles. The molecule has 5 rings (SSSR count). The second kappa shape index (κ2) is 8.28. The first kappa shape index (κ1) is 22.1. The molecule has 10 heteroatoms. The molecule has 0 saturated carbocycles. The topological polar surface area (TPSA) is 61.9 Å². The monoisotopic (exact) mass is 528 g/mol. The molecule has 0 aliphatic rings. The number of nitrogens with zero attached hydrogens (tertiary/aromatic N) is 4. The summed E-state index contributed by atoms with van der Waals surface area (Å²) in [5.74, 6) is -0.223. The summed E-state index contributed by atoms with van der Waals surface area (Å²) in [6.07, 6.45) is -2.64. The van der Waals surface area contributed by atoms with E-state index in [-0.39, 0.29) is 17.1 Å². The molecule has 0 atom stereocenters. The summed E-state index contributed by atoms with van der Waals surface area (Å²) in [6.45, 7) is -1.47. The standard InChI is InChI=1S/C24H16BrF3N4O2/c1-31-12-16-10-14(2-8-20(16)30-31)19-11-15-3-9-21(34-13-24(26,27)28)29-22(15)32(23(19)33)18-6-4-17(25)5-7-18/h2-12H,13H2,1H3. The van der Waals surface area contributed by atoms with E-state index in [2.05, 4.69) is 26.0 Å². The van der Waals surface area contributed by atoms with Gasteiger partial charge in [-0.15, -0.1) is 0 Å². The third-order valence-electron chi connectivity index (χ3n) is 5.22. The van der Waals surface area contributed by atoms with E-state index in [0.29, 0.717) is 22.2 Å². The predicted molar refractivity (Wildman–Crippen MR) is 126 cm³/mol. The fourth-order valence-electron chi connectivity index (χ4n) is 3.76. The van der Waals surface area contributed by atoms with Gasteiger partial charge in [0.2, 0.25) is 5.88 Å². The molecule has 172 valence electrons. The summed E-state index contributed by atoms with van der Waals surface area (Å²) >= 11 is 3.38. The molecule has 6 nitrogen and oxygen atoms in total.